The largest absolute Gasteiger partial charge is 0.295 e. The van der Waals surface area contributed by atoms with Gasteiger partial charge in [-0.2, -0.15) is 4.31 Å². The molecule has 0 saturated carbocycles. The quantitative estimate of drug-likeness (QED) is 0.818. The van der Waals surface area contributed by atoms with Gasteiger partial charge in [-0.25, -0.2) is 8.42 Å². The van der Waals surface area contributed by atoms with E-state index >= 15 is 0 Å². The van der Waals surface area contributed by atoms with Gasteiger partial charge >= 0.3 is 0 Å². The highest BCUT2D eigenvalue weighted by Gasteiger charge is 2.28. The minimum atomic E-state index is -3.58. The summed E-state index contributed by atoms with van der Waals surface area (Å²) in [5, 5.41) is 0. The lowest BCUT2D eigenvalue weighted by molar-refractivity contribution is 0.101. The van der Waals surface area contributed by atoms with E-state index in [0.29, 0.717) is 25.1 Å². The van der Waals surface area contributed by atoms with Crippen LogP contribution in [0.3, 0.4) is 0 Å². The average Bonchev–Trinajstić information content (AvgIpc) is 2.54. The van der Waals surface area contributed by atoms with E-state index < -0.39 is 10.0 Å². The number of rotatable bonds is 3. The summed E-state index contributed by atoms with van der Waals surface area (Å²) in [5.74, 6) is -0.138. The molecule has 0 atom stereocenters. The van der Waals surface area contributed by atoms with Crippen molar-refractivity contribution in [2.75, 3.05) is 6.54 Å². The van der Waals surface area contributed by atoms with Crippen LogP contribution in [-0.4, -0.2) is 25.1 Å². The highest BCUT2D eigenvalue weighted by molar-refractivity contribution is 7.89. The molecule has 2 aromatic rings. The molecule has 0 N–H and O–H groups in total. The van der Waals surface area contributed by atoms with Crippen LogP contribution in [0.4, 0.5) is 0 Å². The van der Waals surface area contributed by atoms with E-state index in [1.54, 1.807) is 18.2 Å². The number of hydrogen-bond acceptors (Lipinski definition) is 3. The van der Waals surface area contributed by atoms with Gasteiger partial charge in [0, 0.05) is 18.7 Å². The van der Waals surface area contributed by atoms with Gasteiger partial charge in [0.25, 0.3) is 0 Å². The lowest BCUT2D eigenvalue weighted by atomic mass is 10.0. The lowest BCUT2D eigenvalue weighted by Gasteiger charge is -2.28. The van der Waals surface area contributed by atoms with Gasteiger partial charge < -0.3 is 0 Å². The summed E-state index contributed by atoms with van der Waals surface area (Å²) in [6.07, 6.45) is 0.710. The van der Waals surface area contributed by atoms with Crippen LogP contribution in [0.25, 0.3) is 0 Å². The van der Waals surface area contributed by atoms with E-state index in [1.807, 2.05) is 24.3 Å². The smallest absolute Gasteiger partial charge is 0.243 e. The highest BCUT2D eigenvalue weighted by Crippen LogP contribution is 2.25. The van der Waals surface area contributed by atoms with Gasteiger partial charge in [-0.15, -0.1) is 0 Å². The Morgan fingerprint density at radius 2 is 1.77 bits per heavy atom. The normalized spacial score (nSPS) is 15.3. The molecular formula is C17H17NO3S. The average molecular weight is 315 g/mol. The Hall–Kier alpha value is -1.98. The van der Waals surface area contributed by atoms with Gasteiger partial charge in [0.2, 0.25) is 10.0 Å². The summed E-state index contributed by atoms with van der Waals surface area (Å²) >= 11 is 0. The van der Waals surface area contributed by atoms with Crippen molar-refractivity contribution in [3.63, 3.8) is 0 Å². The second kappa shape index (κ2) is 5.66. The molecule has 1 aliphatic heterocycles. The molecule has 1 aliphatic rings. The van der Waals surface area contributed by atoms with Crippen molar-refractivity contribution in [1.82, 2.24) is 4.31 Å². The van der Waals surface area contributed by atoms with Crippen molar-refractivity contribution in [2.45, 2.75) is 24.8 Å². The third-order valence-corrected chi connectivity index (χ3v) is 5.82. The van der Waals surface area contributed by atoms with Gasteiger partial charge in [-0.1, -0.05) is 36.4 Å². The molecule has 0 radical (unpaired) electrons. The van der Waals surface area contributed by atoms with E-state index in [0.717, 1.165) is 5.56 Å². The molecule has 22 heavy (non-hydrogen) atoms. The predicted molar refractivity (Wildman–Crippen MR) is 84.2 cm³/mol. The third-order valence-electron chi connectivity index (χ3n) is 3.97. The molecule has 0 amide bonds. The van der Waals surface area contributed by atoms with Crippen LogP contribution in [0.15, 0.2) is 53.4 Å². The number of carbonyl (C=O) groups excluding carboxylic acids is 1. The number of ketones is 1. The zero-order chi connectivity index (χ0) is 15.7. The number of sulfonamides is 1. The van der Waals surface area contributed by atoms with E-state index in [9.17, 15) is 13.2 Å². The van der Waals surface area contributed by atoms with Crippen molar-refractivity contribution in [3.05, 3.63) is 65.2 Å². The second-order valence-electron chi connectivity index (χ2n) is 5.44. The molecule has 114 valence electrons. The first-order valence-corrected chi connectivity index (χ1v) is 8.60. The molecule has 0 bridgehead atoms. The number of benzene rings is 2. The molecule has 4 nitrogen and oxygen atoms in total. The van der Waals surface area contributed by atoms with Gasteiger partial charge in [0.05, 0.1) is 4.90 Å². The first-order chi connectivity index (χ1) is 10.5. The minimum Gasteiger partial charge on any atom is -0.295 e. The Labute approximate surface area is 130 Å². The first kappa shape index (κ1) is 14.9. The van der Waals surface area contributed by atoms with Crippen molar-refractivity contribution < 1.29 is 13.2 Å². The molecular weight excluding hydrogens is 298 g/mol. The fourth-order valence-electron chi connectivity index (χ4n) is 2.70. The molecule has 0 aliphatic carbocycles. The zero-order valence-corrected chi connectivity index (χ0v) is 13.1. The molecule has 0 unspecified atom stereocenters. The molecule has 0 fully saturated rings. The second-order valence-corrected chi connectivity index (χ2v) is 7.38. The zero-order valence-electron chi connectivity index (χ0n) is 12.3. The standard InChI is InChI=1S/C17H17NO3S/c1-13(19)15-7-4-8-17(11-15)22(20,21)18-10-9-14-5-2-3-6-16(14)12-18/h2-8,11H,9-10,12H2,1H3. The van der Waals surface area contributed by atoms with Crippen LogP contribution >= 0.6 is 0 Å². The molecule has 2 aromatic carbocycles. The van der Waals surface area contributed by atoms with Crippen LogP contribution in [0, 0.1) is 0 Å². The van der Waals surface area contributed by atoms with E-state index in [2.05, 4.69) is 0 Å². The van der Waals surface area contributed by atoms with Crippen molar-refractivity contribution in [3.8, 4) is 0 Å². The fourth-order valence-corrected chi connectivity index (χ4v) is 4.16. The van der Waals surface area contributed by atoms with E-state index in [4.69, 9.17) is 0 Å². The Bertz CT molecular complexity index is 827. The monoisotopic (exact) mass is 315 g/mol. The summed E-state index contributed by atoms with van der Waals surface area (Å²) in [7, 11) is -3.58. The molecule has 1 heterocycles. The lowest BCUT2D eigenvalue weighted by Crippen LogP contribution is -2.36. The Morgan fingerprint density at radius 3 is 2.50 bits per heavy atom. The summed E-state index contributed by atoms with van der Waals surface area (Å²) in [4.78, 5) is 11.6. The number of hydrogen-bond donors (Lipinski definition) is 0. The molecule has 0 spiro atoms. The Balaban J connectivity index is 1.94. The first-order valence-electron chi connectivity index (χ1n) is 7.16. The summed E-state index contributed by atoms with van der Waals surface area (Å²) < 4.78 is 27.1. The van der Waals surface area contributed by atoms with Crippen molar-refractivity contribution >= 4 is 15.8 Å². The van der Waals surface area contributed by atoms with Gasteiger partial charge in [0.1, 0.15) is 0 Å². The molecule has 3 rings (SSSR count). The molecule has 5 heteroatoms. The fraction of sp³-hybridized carbons (Fsp3) is 0.235. The maximum atomic E-state index is 12.8. The van der Waals surface area contributed by atoms with Crippen LogP contribution in [0.1, 0.15) is 28.4 Å². The SMILES string of the molecule is CC(=O)c1cccc(S(=O)(=O)N2CCc3ccccc3C2)c1. The third kappa shape index (κ3) is 2.69. The summed E-state index contributed by atoms with van der Waals surface area (Å²) in [6, 6.07) is 14.1. The van der Waals surface area contributed by atoms with Crippen LogP contribution in [-0.2, 0) is 23.0 Å². The highest BCUT2D eigenvalue weighted by atomic mass is 32.2. The topological polar surface area (TPSA) is 54.5 Å². The van der Waals surface area contributed by atoms with E-state index in [-0.39, 0.29) is 10.7 Å². The van der Waals surface area contributed by atoms with Crippen LogP contribution < -0.4 is 0 Å². The Kier molecular flexibility index (Phi) is 3.85. The number of nitrogens with zero attached hydrogens (tertiary/aromatic N) is 1. The number of Topliss-reactive ketones (excluding diaryl/α,β-unsaturated/α-hetero) is 1. The summed E-state index contributed by atoms with van der Waals surface area (Å²) in [6.45, 7) is 2.27. The maximum Gasteiger partial charge on any atom is 0.243 e. The van der Waals surface area contributed by atoms with Gasteiger partial charge in [0.15, 0.2) is 5.78 Å². The molecule has 0 saturated heterocycles. The minimum absolute atomic E-state index is 0.138. The Morgan fingerprint density at radius 1 is 1.05 bits per heavy atom. The van der Waals surface area contributed by atoms with Gasteiger partial charge in [-0.3, -0.25) is 4.79 Å². The van der Waals surface area contributed by atoms with Crippen molar-refractivity contribution in [2.24, 2.45) is 0 Å². The van der Waals surface area contributed by atoms with Crippen LogP contribution in [0.5, 0.6) is 0 Å². The number of carbonyl (C=O) groups is 1. The number of fused-ring (bicyclic) bond motifs is 1. The van der Waals surface area contributed by atoms with Crippen molar-refractivity contribution in [1.29, 1.82) is 0 Å². The maximum absolute atomic E-state index is 12.8. The predicted octanol–water partition coefficient (Wildman–Crippen LogP) is 2.64. The summed E-state index contributed by atoms with van der Waals surface area (Å²) in [5.41, 5.74) is 2.66. The van der Waals surface area contributed by atoms with Crippen LogP contribution in [0.2, 0.25) is 0 Å². The van der Waals surface area contributed by atoms with E-state index in [1.165, 1.54) is 22.9 Å². The molecule has 0 aromatic heterocycles. The van der Waals surface area contributed by atoms with Gasteiger partial charge in [-0.05, 0) is 36.6 Å².